The number of nitrogens with two attached hydrogens (primary N) is 1. The summed E-state index contributed by atoms with van der Waals surface area (Å²) in [6.07, 6.45) is 9.15. The van der Waals surface area contributed by atoms with Gasteiger partial charge < -0.3 is 5.73 Å². The van der Waals surface area contributed by atoms with E-state index in [9.17, 15) is 0 Å². The summed E-state index contributed by atoms with van der Waals surface area (Å²) in [5.74, 6) is 1.93. The predicted molar refractivity (Wildman–Crippen MR) is 79.4 cm³/mol. The number of halogens is 1. The molecule has 98 valence electrons. The van der Waals surface area contributed by atoms with Gasteiger partial charge >= 0.3 is 0 Å². The van der Waals surface area contributed by atoms with Crippen molar-refractivity contribution in [2.45, 2.75) is 50.5 Å². The highest BCUT2D eigenvalue weighted by molar-refractivity contribution is 9.10. The molecule has 0 amide bonds. The average molecular weight is 308 g/mol. The molecule has 1 nitrogen and oxygen atoms in total. The highest BCUT2D eigenvalue weighted by Crippen LogP contribution is 2.46. The zero-order valence-corrected chi connectivity index (χ0v) is 12.5. The first-order valence-corrected chi connectivity index (χ1v) is 7.97. The summed E-state index contributed by atoms with van der Waals surface area (Å²) in [7, 11) is 0. The summed E-state index contributed by atoms with van der Waals surface area (Å²) < 4.78 is 1.15. The van der Waals surface area contributed by atoms with E-state index >= 15 is 0 Å². The number of benzene rings is 1. The molecule has 0 aliphatic heterocycles. The van der Waals surface area contributed by atoms with Gasteiger partial charge in [0.15, 0.2) is 0 Å². The molecule has 2 aliphatic rings. The largest absolute Gasteiger partial charge is 0.325 e. The minimum Gasteiger partial charge on any atom is -0.325 e. The molecule has 0 saturated heterocycles. The lowest BCUT2D eigenvalue weighted by molar-refractivity contribution is 0.204. The van der Waals surface area contributed by atoms with Gasteiger partial charge in [-0.2, -0.15) is 0 Å². The molecule has 0 aromatic heterocycles. The maximum absolute atomic E-state index is 6.67. The van der Waals surface area contributed by atoms with Crippen LogP contribution >= 0.6 is 15.9 Å². The fourth-order valence-corrected chi connectivity index (χ4v) is 3.85. The van der Waals surface area contributed by atoms with Gasteiger partial charge in [-0.05, 0) is 61.6 Å². The lowest BCUT2D eigenvalue weighted by Crippen LogP contribution is -2.46. The van der Waals surface area contributed by atoms with Crippen molar-refractivity contribution < 1.29 is 0 Å². The van der Waals surface area contributed by atoms with Gasteiger partial charge in [0.1, 0.15) is 0 Å². The van der Waals surface area contributed by atoms with Crippen LogP contribution in [0.3, 0.4) is 0 Å². The molecular formula is C16H22BrN. The van der Waals surface area contributed by atoms with Crippen LogP contribution in [0.15, 0.2) is 28.7 Å². The Balaban J connectivity index is 1.67. The summed E-state index contributed by atoms with van der Waals surface area (Å²) in [5, 5.41) is 0. The van der Waals surface area contributed by atoms with Crippen LogP contribution in [0.4, 0.5) is 0 Å². The van der Waals surface area contributed by atoms with Crippen molar-refractivity contribution in [2.24, 2.45) is 17.6 Å². The molecular weight excluding hydrogens is 286 g/mol. The van der Waals surface area contributed by atoms with Gasteiger partial charge in [-0.25, -0.2) is 0 Å². The minimum atomic E-state index is 0.0549. The smallest absolute Gasteiger partial charge is 0.0197 e. The van der Waals surface area contributed by atoms with Crippen molar-refractivity contribution in [1.82, 2.24) is 0 Å². The topological polar surface area (TPSA) is 26.0 Å². The van der Waals surface area contributed by atoms with Gasteiger partial charge in [-0.3, -0.25) is 0 Å². The second kappa shape index (κ2) is 4.97. The van der Waals surface area contributed by atoms with Gasteiger partial charge in [-0.15, -0.1) is 0 Å². The van der Waals surface area contributed by atoms with Gasteiger partial charge in [-0.1, -0.05) is 40.9 Å². The van der Waals surface area contributed by atoms with Crippen molar-refractivity contribution in [3.63, 3.8) is 0 Å². The first kappa shape index (κ1) is 12.7. The second-order valence-corrected chi connectivity index (χ2v) is 7.28. The third-order valence-corrected chi connectivity index (χ3v) is 5.21. The van der Waals surface area contributed by atoms with Crippen LogP contribution in [0.1, 0.15) is 44.1 Å². The number of hydrogen-bond donors (Lipinski definition) is 1. The van der Waals surface area contributed by atoms with Gasteiger partial charge in [0.2, 0.25) is 0 Å². The molecule has 1 aromatic carbocycles. The maximum atomic E-state index is 6.67. The molecule has 3 rings (SSSR count). The van der Waals surface area contributed by atoms with Crippen LogP contribution in [-0.2, 0) is 6.42 Å². The SMILES string of the molecule is NC1(Cc2ccc(Br)cc2)CCCC(C2CC2)C1. The van der Waals surface area contributed by atoms with Gasteiger partial charge in [0, 0.05) is 10.0 Å². The predicted octanol–water partition coefficient (Wildman–Crippen LogP) is 4.29. The van der Waals surface area contributed by atoms with Gasteiger partial charge in [0.05, 0.1) is 0 Å². The monoisotopic (exact) mass is 307 g/mol. The first-order chi connectivity index (χ1) is 8.65. The minimum absolute atomic E-state index is 0.0549. The molecule has 2 heteroatoms. The van der Waals surface area contributed by atoms with Crippen molar-refractivity contribution in [1.29, 1.82) is 0 Å². The summed E-state index contributed by atoms with van der Waals surface area (Å²) in [6.45, 7) is 0. The molecule has 18 heavy (non-hydrogen) atoms. The third-order valence-electron chi connectivity index (χ3n) is 4.68. The number of rotatable bonds is 3. The van der Waals surface area contributed by atoms with E-state index in [-0.39, 0.29) is 5.54 Å². The van der Waals surface area contributed by atoms with Crippen LogP contribution in [0.2, 0.25) is 0 Å². The van der Waals surface area contributed by atoms with E-state index in [0.717, 1.165) is 22.7 Å². The highest BCUT2D eigenvalue weighted by atomic mass is 79.9. The zero-order chi connectivity index (χ0) is 12.6. The molecule has 1 aromatic rings. The van der Waals surface area contributed by atoms with E-state index < -0.39 is 0 Å². The van der Waals surface area contributed by atoms with Crippen LogP contribution < -0.4 is 5.73 Å². The summed E-state index contributed by atoms with van der Waals surface area (Å²) in [5.41, 5.74) is 8.11. The van der Waals surface area contributed by atoms with Gasteiger partial charge in [0.25, 0.3) is 0 Å². The highest BCUT2D eigenvalue weighted by Gasteiger charge is 2.39. The number of hydrogen-bond acceptors (Lipinski definition) is 1. The maximum Gasteiger partial charge on any atom is 0.0197 e. The lowest BCUT2D eigenvalue weighted by Gasteiger charge is -2.38. The van der Waals surface area contributed by atoms with E-state index in [1.54, 1.807) is 0 Å². The van der Waals surface area contributed by atoms with Crippen molar-refractivity contribution in [3.05, 3.63) is 34.3 Å². The molecule has 2 N–H and O–H groups in total. The van der Waals surface area contributed by atoms with Crippen molar-refractivity contribution >= 4 is 15.9 Å². The fraction of sp³-hybridized carbons (Fsp3) is 0.625. The van der Waals surface area contributed by atoms with E-state index in [0.29, 0.717) is 0 Å². The van der Waals surface area contributed by atoms with Crippen LogP contribution in [0.5, 0.6) is 0 Å². The molecule has 2 aliphatic carbocycles. The zero-order valence-electron chi connectivity index (χ0n) is 10.9. The Labute approximate surface area is 118 Å². The second-order valence-electron chi connectivity index (χ2n) is 6.36. The Morgan fingerprint density at radius 1 is 1.11 bits per heavy atom. The normalized spacial score (nSPS) is 32.4. The van der Waals surface area contributed by atoms with Crippen LogP contribution in [0.25, 0.3) is 0 Å². The molecule has 2 atom stereocenters. The molecule has 2 unspecified atom stereocenters. The Morgan fingerprint density at radius 3 is 2.50 bits per heavy atom. The van der Waals surface area contributed by atoms with Crippen molar-refractivity contribution in [3.8, 4) is 0 Å². The first-order valence-electron chi connectivity index (χ1n) is 7.18. The van der Waals surface area contributed by atoms with E-state index in [2.05, 4.69) is 40.2 Å². The van der Waals surface area contributed by atoms with E-state index in [1.165, 1.54) is 44.1 Å². The molecule has 2 fully saturated rings. The fourth-order valence-electron chi connectivity index (χ4n) is 3.58. The Hall–Kier alpha value is -0.340. The molecule has 0 radical (unpaired) electrons. The quantitative estimate of drug-likeness (QED) is 0.885. The Bertz CT molecular complexity index is 410. The molecule has 0 bridgehead atoms. The van der Waals surface area contributed by atoms with E-state index in [1.807, 2.05) is 0 Å². The summed E-state index contributed by atoms with van der Waals surface area (Å²) in [6, 6.07) is 8.67. The standard InChI is InChI=1S/C16H22BrN/c17-15-7-3-12(4-8-15)10-16(18)9-1-2-14(11-16)13-5-6-13/h3-4,7-8,13-14H,1-2,5-6,9-11,18H2. The Kier molecular flexibility index (Phi) is 3.50. The molecule has 0 spiro atoms. The third kappa shape index (κ3) is 2.97. The molecule has 0 heterocycles. The van der Waals surface area contributed by atoms with Crippen molar-refractivity contribution in [2.75, 3.05) is 0 Å². The molecule has 2 saturated carbocycles. The summed E-state index contributed by atoms with van der Waals surface area (Å²) >= 11 is 3.49. The van der Waals surface area contributed by atoms with E-state index in [4.69, 9.17) is 5.73 Å². The summed E-state index contributed by atoms with van der Waals surface area (Å²) in [4.78, 5) is 0. The lowest BCUT2D eigenvalue weighted by atomic mass is 9.72. The van der Waals surface area contributed by atoms with Crippen LogP contribution in [0, 0.1) is 11.8 Å². The van der Waals surface area contributed by atoms with Crippen LogP contribution in [-0.4, -0.2) is 5.54 Å². The Morgan fingerprint density at radius 2 is 1.83 bits per heavy atom. The average Bonchev–Trinajstić information content (AvgIpc) is 3.16.